The quantitative estimate of drug-likeness (QED) is 0.841. The highest BCUT2D eigenvalue weighted by Crippen LogP contribution is 2.27. The number of amides is 2. The van der Waals surface area contributed by atoms with Crippen molar-refractivity contribution < 1.29 is 23.1 Å². The van der Waals surface area contributed by atoms with E-state index in [0.717, 1.165) is 16.9 Å². The number of hydrogen-bond donors (Lipinski definition) is 1. The van der Waals surface area contributed by atoms with Crippen molar-refractivity contribution in [2.24, 2.45) is 0 Å². The van der Waals surface area contributed by atoms with Crippen molar-refractivity contribution in [1.82, 2.24) is 10.2 Å². The van der Waals surface area contributed by atoms with E-state index in [4.69, 9.17) is 0 Å². The van der Waals surface area contributed by atoms with Crippen LogP contribution in [0, 0.1) is 6.92 Å². The summed E-state index contributed by atoms with van der Waals surface area (Å²) in [6, 6.07) is 8.68. The Morgan fingerprint density at radius 1 is 1.19 bits per heavy atom. The molecule has 0 atom stereocenters. The highest BCUT2D eigenvalue weighted by molar-refractivity contribution is 7.12. The molecule has 1 N–H and O–H groups in total. The molecule has 2 aromatic rings. The van der Waals surface area contributed by atoms with Gasteiger partial charge in [-0.2, -0.15) is 8.78 Å². The summed E-state index contributed by atoms with van der Waals surface area (Å²) in [6.07, 6.45) is 1.22. The summed E-state index contributed by atoms with van der Waals surface area (Å²) in [5.74, 6) is -0.561. The maximum atomic E-state index is 12.5. The van der Waals surface area contributed by atoms with Crippen molar-refractivity contribution in [2.75, 3.05) is 13.1 Å². The molecule has 1 fully saturated rings. The molecule has 2 heterocycles. The van der Waals surface area contributed by atoms with E-state index in [1.807, 2.05) is 31.2 Å². The van der Waals surface area contributed by atoms with Gasteiger partial charge in [-0.3, -0.25) is 9.59 Å². The molecule has 8 heteroatoms. The minimum Gasteiger partial charge on any atom is -0.433 e. The molecule has 1 aromatic heterocycles. The molecule has 0 unspecified atom stereocenters. The summed E-state index contributed by atoms with van der Waals surface area (Å²) in [6.45, 7) is 0.0563. The fourth-order valence-electron chi connectivity index (χ4n) is 3.01. The van der Waals surface area contributed by atoms with Crippen molar-refractivity contribution >= 4 is 23.2 Å². The second-order valence-corrected chi connectivity index (χ2v) is 7.31. The molecule has 5 nitrogen and oxygen atoms in total. The first-order valence-electron chi connectivity index (χ1n) is 8.63. The Hall–Kier alpha value is -2.48. The Labute approximate surface area is 159 Å². The first-order valence-corrected chi connectivity index (χ1v) is 9.51. The molecule has 3 rings (SSSR count). The first-order chi connectivity index (χ1) is 12.9. The molecule has 0 radical (unpaired) electrons. The second kappa shape index (κ2) is 8.47. The number of nitrogens with one attached hydrogen (secondary N) is 1. The lowest BCUT2D eigenvalue weighted by Gasteiger charge is -2.32. The smallest absolute Gasteiger partial charge is 0.387 e. The van der Waals surface area contributed by atoms with Crippen LogP contribution in [0.3, 0.4) is 0 Å². The van der Waals surface area contributed by atoms with Crippen LogP contribution in [0.4, 0.5) is 8.78 Å². The Morgan fingerprint density at radius 2 is 1.85 bits per heavy atom. The number of halogens is 2. The number of aryl methyl sites for hydroxylation is 1. The van der Waals surface area contributed by atoms with Crippen LogP contribution in [-0.4, -0.2) is 42.5 Å². The minimum atomic E-state index is -2.97. The molecule has 1 aliphatic heterocycles. The van der Waals surface area contributed by atoms with Gasteiger partial charge in [-0.05, 0) is 43.3 Å². The highest BCUT2D eigenvalue weighted by atomic mass is 32.1. The lowest BCUT2D eigenvalue weighted by atomic mass is 10.0. The number of carbonyl (C=O) groups excluding carboxylic acids is 2. The predicted molar refractivity (Wildman–Crippen MR) is 98.5 cm³/mol. The normalized spacial score (nSPS) is 15.0. The van der Waals surface area contributed by atoms with Gasteiger partial charge in [0.15, 0.2) is 0 Å². The second-order valence-electron chi connectivity index (χ2n) is 6.40. The van der Waals surface area contributed by atoms with E-state index in [9.17, 15) is 18.4 Å². The Balaban J connectivity index is 1.53. The number of thiophene rings is 1. The van der Waals surface area contributed by atoms with Crippen molar-refractivity contribution in [3.8, 4) is 5.75 Å². The summed E-state index contributed by atoms with van der Waals surface area (Å²) in [7, 11) is 0. The summed E-state index contributed by atoms with van der Waals surface area (Å²) in [5.41, 5.74) is 1.74. The van der Waals surface area contributed by atoms with Crippen LogP contribution in [0.1, 0.15) is 38.4 Å². The number of benzene rings is 1. The Morgan fingerprint density at radius 3 is 2.48 bits per heavy atom. The summed E-state index contributed by atoms with van der Waals surface area (Å²) in [5, 5.41) is 4.39. The van der Waals surface area contributed by atoms with E-state index >= 15 is 0 Å². The van der Waals surface area contributed by atoms with Gasteiger partial charge in [0.1, 0.15) is 10.6 Å². The molecule has 1 saturated heterocycles. The van der Waals surface area contributed by atoms with Gasteiger partial charge in [-0.15, -0.1) is 11.3 Å². The molecule has 0 aliphatic carbocycles. The lowest BCUT2D eigenvalue weighted by Crippen LogP contribution is -2.46. The average molecular weight is 394 g/mol. The number of ether oxygens (including phenoxy) is 1. The topological polar surface area (TPSA) is 58.6 Å². The number of alkyl halides is 2. The Kier molecular flexibility index (Phi) is 6.05. The molecule has 0 bridgehead atoms. The van der Waals surface area contributed by atoms with Gasteiger partial charge in [-0.1, -0.05) is 17.7 Å². The third kappa shape index (κ3) is 4.82. The van der Waals surface area contributed by atoms with Crippen molar-refractivity contribution in [2.45, 2.75) is 32.4 Å². The first kappa shape index (κ1) is 19.3. The van der Waals surface area contributed by atoms with Crippen LogP contribution in [0.2, 0.25) is 0 Å². The average Bonchev–Trinajstić information content (AvgIpc) is 3.10. The zero-order chi connectivity index (χ0) is 19.4. The number of rotatable bonds is 5. The fraction of sp³-hybridized carbons (Fsp3) is 0.368. The largest absolute Gasteiger partial charge is 0.433 e. The number of piperidine rings is 1. The lowest BCUT2D eigenvalue weighted by molar-refractivity contribution is -0.0498. The molecular formula is C19H20F2N2O3S. The highest BCUT2D eigenvalue weighted by Gasteiger charge is 2.26. The summed E-state index contributed by atoms with van der Waals surface area (Å²) < 4.78 is 29.2. The van der Waals surface area contributed by atoms with Gasteiger partial charge in [0.05, 0.1) is 0 Å². The molecule has 1 aromatic carbocycles. The monoisotopic (exact) mass is 394 g/mol. The predicted octanol–water partition coefficient (Wildman–Crippen LogP) is 3.69. The molecular weight excluding hydrogens is 374 g/mol. The Bertz CT molecular complexity index is 800. The number of hydrogen-bond acceptors (Lipinski definition) is 4. The van der Waals surface area contributed by atoms with Crippen LogP contribution in [0.15, 0.2) is 35.7 Å². The zero-order valence-electron chi connectivity index (χ0n) is 14.8. The zero-order valence-corrected chi connectivity index (χ0v) is 15.6. The van der Waals surface area contributed by atoms with Crippen LogP contribution in [0.5, 0.6) is 5.75 Å². The number of carbonyl (C=O) groups is 2. The molecule has 2 amide bonds. The van der Waals surface area contributed by atoms with Crippen molar-refractivity contribution in [3.05, 3.63) is 51.7 Å². The summed E-state index contributed by atoms with van der Waals surface area (Å²) >= 11 is 1.06. The standard InChI is InChI=1S/C19H20F2N2O3S/c1-12-2-4-13(5-3-12)18(25)23-9-6-14(7-10-23)22-17(24)16-15(8-11-27-16)26-19(20)21/h2-5,8,11,14,19H,6-7,9-10H2,1H3,(H,22,24). The van der Waals surface area contributed by atoms with E-state index in [0.29, 0.717) is 31.5 Å². The maximum Gasteiger partial charge on any atom is 0.387 e. The molecule has 27 heavy (non-hydrogen) atoms. The molecule has 0 spiro atoms. The minimum absolute atomic E-state index is 0.0225. The molecule has 144 valence electrons. The van der Waals surface area contributed by atoms with Crippen LogP contribution >= 0.6 is 11.3 Å². The van der Waals surface area contributed by atoms with Gasteiger partial charge in [0.2, 0.25) is 0 Å². The number of nitrogens with zero attached hydrogens (tertiary/aromatic N) is 1. The SMILES string of the molecule is Cc1ccc(C(=O)N2CCC(NC(=O)c3sccc3OC(F)F)CC2)cc1. The van der Waals surface area contributed by atoms with E-state index in [-0.39, 0.29) is 22.6 Å². The van der Waals surface area contributed by atoms with Gasteiger partial charge in [-0.25, -0.2) is 0 Å². The summed E-state index contributed by atoms with van der Waals surface area (Å²) in [4.78, 5) is 26.8. The van der Waals surface area contributed by atoms with Gasteiger partial charge in [0, 0.05) is 24.7 Å². The van der Waals surface area contributed by atoms with Crippen molar-refractivity contribution in [1.29, 1.82) is 0 Å². The van der Waals surface area contributed by atoms with Crippen LogP contribution in [-0.2, 0) is 0 Å². The van der Waals surface area contributed by atoms with Crippen LogP contribution < -0.4 is 10.1 Å². The third-order valence-corrected chi connectivity index (χ3v) is 5.36. The fourth-order valence-corrected chi connectivity index (χ4v) is 3.73. The van der Waals surface area contributed by atoms with Crippen LogP contribution in [0.25, 0.3) is 0 Å². The van der Waals surface area contributed by atoms with E-state index in [1.54, 1.807) is 4.90 Å². The number of likely N-dealkylation sites (tertiary alicyclic amines) is 1. The van der Waals surface area contributed by atoms with Gasteiger partial charge < -0.3 is 15.0 Å². The van der Waals surface area contributed by atoms with Gasteiger partial charge >= 0.3 is 6.61 Å². The van der Waals surface area contributed by atoms with E-state index < -0.39 is 12.5 Å². The molecule has 0 saturated carbocycles. The van der Waals surface area contributed by atoms with E-state index in [2.05, 4.69) is 10.1 Å². The van der Waals surface area contributed by atoms with Crippen molar-refractivity contribution in [3.63, 3.8) is 0 Å². The maximum absolute atomic E-state index is 12.5. The van der Waals surface area contributed by atoms with Gasteiger partial charge in [0.25, 0.3) is 11.8 Å². The van der Waals surface area contributed by atoms with E-state index in [1.165, 1.54) is 11.4 Å². The third-order valence-electron chi connectivity index (χ3n) is 4.47. The molecule has 1 aliphatic rings.